The van der Waals surface area contributed by atoms with Gasteiger partial charge < -0.3 is 15.4 Å². The number of nitrogens with zero attached hydrogens (tertiary/aromatic N) is 1. The topological polar surface area (TPSA) is 53.6 Å². The summed E-state index contributed by atoms with van der Waals surface area (Å²) in [5.74, 6) is -0.0494. The molecule has 1 aliphatic rings. The van der Waals surface area contributed by atoms with Crippen LogP contribution in [0, 0.1) is 6.92 Å². The van der Waals surface area contributed by atoms with E-state index in [0.717, 1.165) is 37.5 Å². The molecular formula is C15H22ClN3O2. The number of halogens is 1. The van der Waals surface area contributed by atoms with Crippen molar-refractivity contribution < 1.29 is 9.53 Å². The lowest BCUT2D eigenvalue weighted by Crippen LogP contribution is -2.45. The Bertz CT molecular complexity index is 490. The van der Waals surface area contributed by atoms with Crippen LogP contribution in [0.3, 0.4) is 0 Å². The Morgan fingerprint density at radius 2 is 2.38 bits per heavy atom. The second-order valence-corrected chi connectivity index (χ2v) is 5.76. The molecule has 21 heavy (non-hydrogen) atoms. The minimum absolute atomic E-state index is 0.0494. The van der Waals surface area contributed by atoms with E-state index in [0.29, 0.717) is 11.6 Å². The summed E-state index contributed by atoms with van der Waals surface area (Å²) in [6.07, 6.45) is 0.143. The van der Waals surface area contributed by atoms with E-state index in [4.69, 9.17) is 16.3 Å². The normalized spacial score (nSPS) is 18.8. The van der Waals surface area contributed by atoms with Crippen LogP contribution in [-0.4, -0.2) is 56.7 Å². The highest BCUT2D eigenvalue weighted by Gasteiger charge is 2.17. The molecule has 1 fully saturated rings. The number of morpholine rings is 1. The van der Waals surface area contributed by atoms with Crippen molar-refractivity contribution in [3.63, 3.8) is 0 Å². The Balaban J connectivity index is 1.82. The van der Waals surface area contributed by atoms with Crippen molar-refractivity contribution in [2.24, 2.45) is 0 Å². The van der Waals surface area contributed by atoms with Gasteiger partial charge in [-0.1, -0.05) is 17.7 Å². The molecule has 2 rings (SSSR count). The molecule has 5 nitrogen and oxygen atoms in total. The lowest BCUT2D eigenvalue weighted by atomic mass is 10.2. The first-order chi connectivity index (χ1) is 10.1. The zero-order valence-electron chi connectivity index (χ0n) is 12.5. The Morgan fingerprint density at radius 3 is 3.10 bits per heavy atom. The summed E-state index contributed by atoms with van der Waals surface area (Å²) in [4.78, 5) is 14.0. The number of ether oxygens (including phenoxy) is 1. The van der Waals surface area contributed by atoms with Crippen LogP contribution in [0.5, 0.6) is 0 Å². The number of anilines is 1. The number of amides is 1. The summed E-state index contributed by atoms with van der Waals surface area (Å²) in [5, 5.41) is 6.83. The Hall–Kier alpha value is -1.14. The summed E-state index contributed by atoms with van der Waals surface area (Å²) in [6.45, 7) is 5.41. The Labute approximate surface area is 130 Å². The molecule has 0 aromatic heterocycles. The molecule has 1 aromatic carbocycles. The van der Waals surface area contributed by atoms with Gasteiger partial charge in [0.05, 0.1) is 19.3 Å². The van der Waals surface area contributed by atoms with Crippen LogP contribution in [0.15, 0.2) is 18.2 Å². The van der Waals surface area contributed by atoms with Gasteiger partial charge in [-0.15, -0.1) is 0 Å². The molecule has 2 N–H and O–H groups in total. The van der Waals surface area contributed by atoms with Crippen molar-refractivity contribution >= 4 is 23.2 Å². The standard InChI is InChI=1S/C15H22ClN3O2/c1-11-13(16)4-3-5-14(11)18-15(20)10-19(2)9-12-8-17-6-7-21-12/h3-5,12,17H,6-10H2,1-2H3,(H,18,20). The smallest absolute Gasteiger partial charge is 0.238 e. The third-order valence-electron chi connectivity index (χ3n) is 3.48. The molecule has 1 aromatic rings. The molecule has 0 spiro atoms. The lowest BCUT2D eigenvalue weighted by molar-refractivity contribution is -0.117. The average Bonchev–Trinajstić information content (AvgIpc) is 2.44. The van der Waals surface area contributed by atoms with Crippen molar-refractivity contribution in [3.8, 4) is 0 Å². The van der Waals surface area contributed by atoms with Crippen LogP contribution in [0.1, 0.15) is 5.56 Å². The first-order valence-corrected chi connectivity index (χ1v) is 7.50. The van der Waals surface area contributed by atoms with Gasteiger partial charge in [-0.2, -0.15) is 0 Å². The molecule has 116 valence electrons. The largest absolute Gasteiger partial charge is 0.374 e. The molecule has 0 radical (unpaired) electrons. The molecule has 1 heterocycles. The van der Waals surface area contributed by atoms with Gasteiger partial charge in [-0.25, -0.2) is 0 Å². The van der Waals surface area contributed by atoms with E-state index in [-0.39, 0.29) is 12.0 Å². The molecule has 1 amide bonds. The SMILES string of the molecule is Cc1c(Cl)cccc1NC(=O)CN(C)CC1CNCCO1. The first kappa shape index (κ1) is 16.2. The maximum atomic E-state index is 12.1. The maximum Gasteiger partial charge on any atom is 0.238 e. The Morgan fingerprint density at radius 1 is 1.57 bits per heavy atom. The first-order valence-electron chi connectivity index (χ1n) is 7.12. The third kappa shape index (κ3) is 4.97. The van der Waals surface area contributed by atoms with Crippen LogP contribution >= 0.6 is 11.6 Å². The second-order valence-electron chi connectivity index (χ2n) is 5.35. The van der Waals surface area contributed by atoms with Crippen molar-refractivity contribution in [2.45, 2.75) is 13.0 Å². The predicted octanol–water partition coefficient (Wildman–Crippen LogP) is 1.51. The molecule has 6 heteroatoms. The van der Waals surface area contributed by atoms with Crippen molar-refractivity contribution in [2.75, 3.05) is 45.2 Å². The molecule has 0 bridgehead atoms. The quantitative estimate of drug-likeness (QED) is 0.865. The van der Waals surface area contributed by atoms with E-state index in [1.807, 2.05) is 37.1 Å². The zero-order valence-corrected chi connectivity index (χ0v) is 13.2. The van der Waals surface area contributed by atoms with E-state index in [2.05, 4.69) is 10.6 Å². The summed E-state index contributed by atoms with van der Waals surface area (Å²) in [6, 6.07) is 5.50. The van der Waals surface area contributed by atoms with Crippen LogP contribution in [0.4, 0.5) is 5.69 Å². The number of rotatable bonds is 5. The molecule has 1 unspecified atom stereocenters. The number of likely N-dealkylation sites (N-methyl/N-ethyl adjacent to an activating group) is 1. The van der Waals surface area contributed by atoms with Crippen LogP contribution in [0.25, 0.3) is 0 Å². The molecule has 1 atom stereocenters. The summed E-state index contributed by atoms with van der Waals surface area (Å²) in [5.41, 5.74) is 1.64. The van der Waals surface area contributed by atoms with Gasteiger partial charge >= 0.3 is 0 Å². The zero-order chi connectivity index (χ0) is 15.2. The fourth-order valence-electron chi connectivity index (χ4n) is 2.33. The van der Waals surface area contributed by atoms with E-state index in [1.165, 1.54) is 0 Å². The number of nitrogens with one attached hydrogen (secondary N) is 2. The Kier molecular flexibility index (Phi) is 5.99. The predicted molar refractivity (Wildman–Crippen MR) is 84.9 cm³/mol. The number of hydrogen-bond acceptors (Lipinski definition) is 4. The third-order valence-corrected chi connectivity index (χ3v) is 3.88. The van der Waals surface area contributed by atoms with E-state index in [9.17, 15) is 4.79 Å². The van der Waals surface area contributed by atoms with Gasteiger partial charge in [0.15, 0.2) is 0 Å². The summed E-state index contributed by atoms with van der Waals surface area (Å²) in [7, 11) is 1.92. The van der Waals surface area contributed by atoms with Gasteiger partial charge in [-0.05, 0) is 31.7 Å². The lowest BCUT2D eigenvalue weighted by Gasteiger charge is -2.27. The highest BCUT2D eigenvalue weighted by atomic mass is 35.5. The van der Waals surface area contributed by atoms with E-state index < -0.39 is 0 Å². The molecule has 1 aliphatic heterocycles. The van der Waals surface area contributed by atoms with Gasteiger partial charge in [-0.3, -0.25) is 9.69 Å². The van der Waals surface area contributed by atoms with Gasteiger partial charge in [0.1, 0.15) is 0 Å². The highest BCUT2D eigenvalue weighted by molar-refractivity contribution is 6.31. The average molecular weight is 312 g/mol. The fourth-order valence-corrected chi connectivity index (χ4v) is 2.50. The van der Waals surface area contributed by atoms with Crippen LogP contribution < -0.4 is 10.6 Å². The second kappa shape index (κ2) is 7.75. The molecule has 0 aliphatic carbocycles. The van der Waals surface area contributed by atoms with Crippen LogP contribution in [-0.2, 0) is 9.53 Å². The molecule has 0 saturated carbocycles. The van der Waals surface area contributed by atoms with Gasteiger partial charge in [0.25, 0.3) is 0 Å². The number of carbonyl (C=O) groups is 1. The van der Waals surface area contributed by atoms with E-state index in [1.54, 1.807) is 0 Å². The summed E-state index contributed by atoms with van der Waals surface area (Å²) >= 11 is 6.05. The number of carbonyl (C=O) groups excluding carboxylic acids is 1. The summed E-state index contributed by atoms with van der Waals surface area (Å²) < 4.78 is 5.63. The fraction of sp³-hybridized carbons (Fsp3) is 0.533. The maximum absolute atomic E-state index is 12.1. The van der Waals surface area contributed by atoms with Crippen molar-refractivity contribution in [1.82, 2.24) is 10.2 Å². The minimum Gasteiger partial charge on any atom is -0.374 e. The molecule has 1 saturated heterocycles. The van der Waals surface area contributed by atoms with Gasteiger partial charge in [0.2, 0.25) is 5.91 Å². The number of hydrogen-bond donors (Lipinski definition) is 2. The highest BCUT2D eigenvalue weighted by Crippen LogP contribution is 2.22. The van der Waals surface area contributed by atoms with Crippen molar-refractivity contribution in [3.05, 3.63) is 28.8 Å². The van der Waals surface area contributed by atoms with Crippen LogP contribution in [0.2, 0.25) is 5.02 Å². The monoisotopic (exact) mass is 311 g/mol. The van der Waals surface area contributed by atoms with Gasteiger partial charge in [0, 0.05) is 30.3 Å². The number of benzene rings is 1. The van der Waals surface area contributed by atoms with E-state index >= 15 is 0 Å². The van der Waals surface area contributed by atoms with Crippen molar-refractivity contribution in [1.29, 1.82) is 0 Å². The molecular weight excluding hydrogens is 290 g/mol. The minimum atomic E-state index is -0.0494.